The van der Waals surface area contributed by atoms with Crippen LogP contribution in [0.2, 0.25) is 0 Å². The number of morpholine rings is 1. The summed E-state index contributed by atoms with van der Waals surface area (Å²) in [5.41, 5.74) is 4.31. The molecule has 0 bridgehead atoms. The van der Waals surface area contributed by atoms with Crippen molar-refractivity contribution in [3.8, 4) is 0 Å². The molecular formula is C22H33N3O. The van der Waals surface area contributed by atoms with E-state index in [1.807, 2.05) is 0 Å². The van der Waals surface area contributed by atoms with Crippen LogP contribution in [0.1, 0.15) is 50.1 Å². The summed E-state index contributed by atoms with van der Waals surface area (Å²) in [5.74, 6) is 1.64. The third-order valence-corrected chi connectivity index (χ3v) is 7.37. The lowest BCUT2D eigenvalue weighted by Gasteiger charge is -2.44. The van der Waals surface area contributed by atoms with Gasteiger partial charge in [-0.1, -0.05) is 19.3 Å². The molecule has 3 unspecified atom stereocenters. The van der Waals surface area contributed by atoms with Gasteiger partial charge < -0.3 is 15.0 Å². The first-order valence-electron chi connectivity index (χ1n) is 10.7. The molecule has 1 N–H and O–H groups in total. The van der Waals surface area contributed by atoms with E-state index in [4.69, 9.17) is 4.74 Å². The lowest BCUT2D eigenvalue weighted by Crippen LogP contribution is -2.44. The summed E-state index contributed by atoms with van der Waals surface area (Å²) in [6.07, 6.45) is 8.49. The third kappa shape index (κ3) is 2.91. The molecule has 0 spiro atoms. The summed E-state index contributed by atoms with van der Waals surface area (Å²) in [4.78, 5) is 5.10. The molecule has 142 valence electrons. The van der Waals surface area contributed by atoms with Crippen molar-refractivity contribution in [2.45, 2.75) is 50.6 Å². The van der Waals surface area contributed by atoms with E-state index in [0.717, 1.165) is 38.1 Å². The fourth-order valence-electron chi connectivity index (χ4n) is 6.01. The van der Waals surface area contributed by atoms with Crippen LogP contribution in [0.25, 0.3) is 0 Å². The molecule has 1 aromatic carbocycles. The van der Waals surface area contributed by atoms with Crippen molar-refractivity contribution in [1.29, 1.82) is 0 Å². The van der Waals surface area contributed by atoms with Gasteiger partial charge in [-0.05, 0) is 62.5 Å². The highest BCUT2D eigenvalue weighted by molar-refractivity contribution is 5.64. The smallest absolute Gasteiger partial charge is 0.0642 e. The van der Waals surface area contributed by atoms with Gasteiger partial charge in [0.15, 0.2) is 0 Å². The van der Waals surface area contributed by atoms with Gasteiger partial charge in [-0.25, -0.2) is 0 Å². The van der Waals surface area contributed by atoms with Crippen molar-refractivity contribution in [3.05, 3.63) is 23.8 Å². The maximum Gasteiger partial charge on any atom is 0.0642 e. The molecular weight excluding hydrogens is 322 g/mol. The van der Waals surface area contributed by atoms with Crippen molar-refractivity contribution in [2.75, 3.05) is 50.1 Å². The van der Waals surface area contributed by atoms with E-state index >= 15 is 0 Å². The third-order valence-electron chi connectivity index (χ3n) is 7.37. The molecule has 4 nitrogen and oxygen atoms in total. The van der Waals surface area contributed by atoms with Crippen LogP contribution in [0.15, 0.2) is 18.2 Å². The van der Waals surface area contributed by atoms with Crippen LogP contribution in [0.4, 0.5) is 11.4 Å². The molecule has 26 heavy (non-hydrogen) atoms. The van der Waals surface area contributed by atoms with Gasteiger partial charge in [-0.15, -0.1) is 0 Å². The summed E-state index contributed by atoms with van der Waals surface area (Å²) in [6, 6.07) is 8.43. The standard InChI is InChI=1S/C22H33N3O/c1-24-10-9-18-21(16-5-3-2-4-6-16)23-20-8-7-17(15-19(20)22(18)24)25-11-13-26-14-12-25/h7-8,15-16,18,21-23H,2-6,9-14H2,1H3. The summed E-state index contributed by atoms with van der Waals surface area (Å²) in [7, 11) is 2.33. The molecule has 3 fully saturated rings. The van der Waals surface area contributed by atoms with E-state index in [0.29, 0.717) is 12.1 Å². The van der Waals surface area contributed by atoms with Crippen LogP contribution < -0.4 is 10.2 Å². The first-order chi connectivity index (χ1) is 12.8. The molecule has 0 radical (unpaired) electrons. The number of ether oxygens (including phenoxy) is 1. The Balaban J connectivity index is 1.46. The molecule has 3 aliphatic heterocycles. The molecule has 2 saturated heterocycles. The van der Waals surface area contributed by atoms with Crippen molar-refractivity contribution >= 4 is 11.4 Å². The minimum atomic E-state index is 0.596. The molecule has 1 saturated carbocycles. The monoisotopic (exact) mass is 355 g/mol. The van der Waals surface area contributed by atoms with Crippen LogP contribution in [0, 0.1) is 11.8 Å². The quantitative estimate of drug-likeness (QED) is 0.871. The number of nitrogens with one attached hydrogen (secondary N) is 1. The summed E-state index contributed by atoms with van der Waals surface area (Å²) >= 11 is 0. The second-order valence-corrected chi connectivity index (χ2v) is 8.82. The topological polar surface area (TPSA) is 27.7 Å². The van der Waals surface area contributed by atoms with Gasteiger partial charge in [0.05, 0.1) is 13.2 Å². The molecule has 1 aliphatic carbocycles. The van der Waals surface area contributed by atoms with E-state index in [2.05, 4.69) is 40.4 Å². The van der Waals surface area contributed by atoms with Crippen LogP contribution in [-0.2, 0) is 4.74 Å². The number of benzene rings is 1. The number of likely N-dealkylation sites (tertiary alicyclic amines) is 1. The SMILES string of the molecule is CN1CCC2C(C3CCCCC3)Nc3ccc(N4CCOCC4)cc3C21. The van der Waals surface area contributed by atoms with Gasteiger partial charge in [-0.3, -0.25) is 4.90 Å². The van der Waals surface area contributed by atoms with Gasteiger partial charge in [0.25, 0.3) is 0 Å². The Morgan fingerprint density at radius 2 is 1.81 bits per heavy atom. The highest BCUT2D eigenvalue weighted by Crippen LogP contribution is 2.49. The Labute approximate surface area is 157 Å². The predicted octanol–water partition coefficient (Wildman–Crippen LogP) is 3.89. The second-order valence-electron chi connectivity index (χ2n) is 8.82. The maximum absolute atomic E-state index is 5.54. The Morgan fingerprint density at radius 1 is 1.00 bits per heavy atom. The highest BCUT2D eigenvalue weighted by Gasteiger charge is 2.45. The maximum atomic E-state index is 5.54. The molecule has 1 aromatic rings. The molecule has 4 aliphatic rings. The van der Waals surface area contributed by atoms with Crippen molar-refractivity contribution in [2.24, 2.45) is 11.8 Å². The zero-order valence-corrected chi connectivity index (χ0v) is 16.1. The van der Waals surface area contributed by atoms with E-state index in [1.165, 1.54) is 62.0 Å². The molecule has 5 rings (SSSR count). The number of hydrogen-bond acceptors (Lipinski definition) is 4. The fourth-order valence-corrected chi connectivity index (χ4v) is 6.01. The minimum Gasteiger partial charge on any atom is -0.381 e. The number of nitrogens with zero attached hydrogens (tertiary/aromatic N) is 2. The number of rotatable bonds is 2. The van der Waals surface area contributed by atoms with Gasteiger partial charge >= 0.3 is 0 Å². The zero-order valence-electron chi connectivity index (χ0n) is 16.1. The first kappa shape index (κ1) is 16.9. The molecule has 3 heterocycles. The zero-order chi connectivity index (χ0) is 17.5. The average molecular weight is 356 g/mol. The molecule has 3 atom stereocenters. The Kier molecular flexibility index (Phi) is 4.57. The average Bonchev–Trinajstić information content (AvgIpc) is 3.10. The Morgan fingerprint density at radius 3 is 2.62 bits per heavy atom. The van der Waals surface area contributed by atoms with Crippen molar-refractivity contribution in [3.63, 3.8) is 0 Å². The van der Waals surface area contributed by atoms with Crippen LogP contribution in [0.5, 0.6) is 0 Å². The highest BCUT2D eigenvalue weighted by atomic mass is 16.5. The van der Waals surface area contributed by atoms with Crippen LogP contribution in [-0.4, -0.2) is 50.8 Å². The second kappa shape index (κ2) is 7.05. The van der Waals surface area contributed by atoms with Crippen molar-refractivity contribution < 1.29 is 4.74 Å². The lowest BCUT2D eigenvalue weighted by molar-refractivity contribution is 0.122. The number of hydrogen-bond donors (Lipinski definition) is 1. The van der Waals surface area contributed by atoms with Gasteiger partial charge in [-0.2, -0.15) is 0 Å². The van der Waals surface area contributed by atoms with Gasteiger partial charge in [0, 0.05) is 42.5 Å². The van der Waals surface area contributed by atoms with E-state index in [1.54, 1.807) is 0 Å². The summed E-state index contributed by atoms with van der Waals surface area (Å²) in [5, 5.41) is 4.02. The lowest BCUT2D eigenvalue weighted by atomic mass is 9.73. The normalized spacial score (nSPS) is 32.8. The molecule has 4 heteroatoms. The van der Waals surface area contributed by atoms with E-state index in [9.17, 15) is 0 Å². The first-order valence-corrected chi connectivity index (χ1v) is 10.7. The van der Waals surface area contributed by atoms with Crippen LogP contribution >= 0.6 is 0 Å². The van der Waals surface area contributed by atoms with E-state index in [-0.39, 0.29) is 0 Å². The van der Waals surface area contributed by atoms with E-state index < -0.39 is 0 Å². The largest absolute Gasteiger partial charge is 0.381 e. The number of anilines is 2. The predicted molar refractivity (Wildman–Crippen MR) is 107 cm³/mol. The van der Waals surface area contributed by atoms with Crippen LogP contribution in [0.3, 0.4) is 0 Å². The summed E-state index contributed by atoms with van der Waals surface area (Å²) in [6.45, 7) is 4.97. The number of fused-ring (bicyclic) bond motifs is 3. The Hall–Kier alpha value is -1.26. The van der Waals surface area contributed by atoms with Crippen molar-refractivity contribution in [1.82, 2.24) is 4.90 Å². The minimum absolute atomic E-state index is 0.596. The molecule has 0 aromatic heterocycles. The Bertz CT molecular complexity index is 636. The van der Waals surface area contributed by atoms with Gasteiger partial charge in [0.2, 0.25) is 0 Å². The van der Waals surface area contributed by atoms with Gasteiger partial charge in [0.1, 0.15) is 0 Å². The summed E-state index contributed by atoms with van der Waals surface area (Å²) < 4.78 is 5.54. The molecule has 0 amide bonds. The fraction of sp³-hybridized carbons (Fsp3) is 0.727.